The van der Waals surface area contributed by atoms with E-state index in [-0.39, 0.29) is 11.3 Å². The van der Waals surface area contributed by atoms with Gasteiger partial charge in [-0.1, -0.05) is 26.8 Å². The highest BCUT2D eigenvalue weighted by Gasteiger charge is 2.51. The first-order chi connectivity index (χ1) is 10.4. The number of aromatic nitrogens is 1. The van der Waals surface area contributed by atoms with Crippen molar-refractivity contribution in [1.82, 2.24) is 9.88 Å². The fraction of sp³-hybridized carbons (Fsp3) is 0.526. The number of rotatable bonds is 1. The molecule has 2 bridgehead atoms. The Kier molecular flexibility index (Phi) is 2.76. The first-order valence-corrected chi connectivity index (χ1v) is 8.24. The zero-order chi connectivity index (χ0) is 15.5. The van der Waals surface area contributed by atoms with E-state index in [0.717, 1.165) is 35.9 Å². The van der Waals surface area contributed by atoms with Gasteiger partial charge < -0.3 is 9.88 Å². The van der Waals surface area contributed by atoms with Crippen molar-refractivity contribution in [2.24, 2.45) is 10.8 Å². The summed E-state index contributed by atoms with van der Waals surface area (Å²) in [5.41, 5.74) is 2.51. The predicted octanol–water partition coefficient (Wildman–Crippen LogP) is 4.21. The van der Waals surface area contributed by atoms with Crippen LogP contribution in [0.1, 0.15) is 50.4 Å². The van der Waals surface area contributed by atoms with Gasteiger partial charge in [0.15, 0.2) is 0 Å². The number of carbonyl (C=O) groups excluding carboxylic acids is 1. The van der Waals surface area contributed by atoms with Gasteiger partial charge in [0.2, 0.25) is 0 Å². The molecule has 116 valence electrons. The largest absolute Gasteiger partial charge is 0.361 e. The van der Waals surface area contributed by atoms with Crippen molar-refractivity contribution in [3.05, 3.63) is 36.0 Å². The molecule has 2 atom stereocenters. The molecule has 1 amide bonds. The van der Waals surface area contributed by atoms with Crippen LogP contribution >= 0.6 is 0 Å². The van der Waals surface area contributed by atoms with Crippen LogP contribution in [0.3, 0.4) is 0 Å². The molecule has 2 aromatic rings. The van der Waals surface area contributed by atoms with Gasteiger partial charge in [-0.05, 0) is 48.3 Å². The lowest BCUT2D eigenvalue weighted by atomic mass is 9.65. The van der Waals surface area contributed by atoms with E-state index in [9.17, 15) is 4.79 Å². The molecule has 22 heavy (non-hydrogen) atoms. The Morgan fingerprint density at radius 2 is 2.05 bits per heavy atom. The number of nitrogens with zero attached hydrogens (tertiary/aromatic N) is 1. The van der Waals surface area contributed by atoms with Crippen LogP contribution in [0.15, 0.2) is 30.5 Å². The Bertz CT molecular complexity index is 745. The van der Waals surface area contributed by atoms with Crippen LogP contribution in [0.2, 0.25) is 0 Å². The summed E-state index contributed by atoms with van der Waals surface area (Å²) in [7, 11) is 0. The van der Waals surface area contributed by atoms with Crippen molar-refractivity contribution in [3.63, 3.8) is 0 Å². The zero-order valence-corrected chi connectivity index (χ0v) is 13.6. The second-order valence-electron chi connectivity index (χ2n) is 8.39. The third-order valence-corrected chi connectivity index (χ3v) is 5.50. The van der Waals surface area contributed by atoms with E-state index in [0.29, 0.717) is 11.5 Å². The van der Waals surface area contributed by atoms with Crippen LogP contribution in [0.25, 0.3) is 10.9 Å². The number of hydrogen-bond donors (Lipinski definition) is 1. The number of fused-ring (bicyclic) bond motifs is 3. The molecule has 1 aromatic carbocycles. The molecular formula is C19H24N2O. The molecule has 1 saturated heterocycles. The van der Waals surface area contributed by atoms with Gasteiger partial charge in [-0.3, -0.25) is 4.79 Å². The fourth-order valence-electron chi connectivity index (χ4n) is 5.12. The summed E-state index contributed by atoms with van der Waals surface area (Å²) >= 11 is 0. The third kappa shape index (κ3) is 2.06. The molecule has 1 saturated carbocycles. The molecule has 1 aromatic heterocycles. The van der Waals surface area contributed by atoms with E-state index in [1.807, 2.05) is 30.5 Å². The minimum atomic E-state index is 0.205. The second kappa shape index (κ2) is 4.37. The molecule has 4 rings (SSSR count). The van der Waals surface area contributed by atoms with Gasteiger partial charge >= 0.3 is 0 Å². The second-order valence-corrected chi connectivity index (χ2v) is 8.39. The number of benzene rings is 1. The lowest BCUT2D eigenvalue weighted by Gasteiger charge is -2.39. The summed E-state index contributed by atoms with van der Waals surface area (Å²) in [5, 5.41) is 1.04. The molecule has 1 N–H and O–H groups in total. The van der Waals surface area contributed by atoms with Crippen LogP contribution in [-0.2, 0) is 0 Å². The highest BCUT2D eigenvalue weighted by molar-refractivity contribution is 6.06. The van der Waals surface area contributed by atoms with Gasteiger partial charge in [0.1, 0.15) is 0 Å². The number of nitrogens with one attached hydrogen (secondary N) is 1. The van der Waals surface area contributed by atoms with Gasteiger partial charge in [-0.2, -0.15) is 0 Å². The van der Waals surface area contributed by atoms with Crippen LogP contribution in [0, 0.1) is 10.8 Å². The van der Waals surface area contributed by atoms with Crippen LogP contribution in [0.5, 0.6) is 0 Å². The Morgan fingerprint density at radius 3 is 2.86 bits per heavy atom. The fourth-order valence-corrected chi connectivity index (χ4v) is 5.12. The normalized spacial score (nSPS) is 30.0. The first kappa shape index (κ1) is 13.9. The molecule has 1 aliphatic heterocycles. The average Bonchev–Trinajstić information content (AvgIpc) is 2.98. The third-order valence-electron chi connectivity index (χ3n) is 5.50. The van der Waals surface area contributed by atoms with E-state index in [1.165, 1.54) is 6.42 Å². The topological polar surface area (TPSA) is 36.1 Å². The van der Waals surface area contributed by atoms with Gasteiger partial charge in [-0.15, -0.1) is 0 Å². The molecule has 3 nitrogen and oxygen atoms in total. The molecule has 2 unspecified atom stereocenters. The van der Waals surface area contributed by atoms with Crippen LogP contribution < -0.4 is 0 Å². The van der Waals surface area contributed by atoms with Gasteiger partial charge in [0.25, 0.3) is 5.91 Å². The maximum Gasteiger partial charge on any atom is 0.254 e. The number of aromatic amines is 1. The van der Waals surface area contributed by atoms with Crippen molar-refractivity contribution < 1.29 is 4.79 Å². The summed E-state index contributed by atoms with van der Waals surface area (Å²) in [6.07, 6.45) is 5.41. The number of carbonyl (C=O) groups is 1. The molecule has 0 radical (unpaired) electrons. The molecule has 2 heterocycles. The predicted molar refractivity (Wildman–Crippen MR) is 88.9 cm³/mol. The highest BCUT2D eigenvalue weighted by atomic mass is 16.2. The Hall–Kier alpha value is -1.77. The van der Waals surface area contributed by atoms with E-state index in [2.05, 4.69) is 30.7 Å². The summed E-state index contributed by atoms with van der Waals surface area (Å²) < 4.78 is 0. The first-order valence-electron chi connectivity index (χ1n) is 8.24. The van der Waals surface area contributed by atoms with E-state index < -0.39 is 0 Å². The standard InChI is InChI=1S/C19H24N2O/c1-18(2)9-13-10-19(3,11-18)12-21(13)17(22)15-5-4-6-16-14(15)7-8-20-16/h4-8,13,20H,9-12H2,1-3H3. The maximum absolute atomic E-state index is 13.2. The van der Waals surface area contributed by atoms with Gasteiger partial charge in [0.05, 0.1) is 0 Å². The minimum Gasteiger partial charge on any atom is -0.361 e. The molecule has 3 heteroatoms. The zero-order valence-electron chi connectivity index (χ0n) is 13.6. The van der Waals surface area contributed by atoms with Gasteiger partial charge in [0, 0.05) is 35.2 Å². The Labute approximate surface area is 131 Å². The quantitative estimate of drug-likeness (QED) is 0.841. The molecule has 2 aliphatic rings. The van der Waals surface area contributed by atoms with Crippen molar-refractivity contribution in [1.29, 1.82) is 0 Å². The molecule has 0 spiro atoms. The van der Waals surface area contributed by atoms with Gasteiger partial charge in [-0.25, -0.2) is 0 Å². The lowest BCUT2D eigenvalue weighted by Crippen LogP contribution is -2.37. The van der Waals surface area contributed by atoms with Crippen LogP contribution in [-0.4, -0.2) is 28.4 Å². The lowest BCUT2D eigenvalue weighted by molar-refractivity contribution is 0.0710. The number of likely N-dealkylation sites (tertiary alicyclic amines) is 1. The Morgan fingerprint density at radius 1 is 1.23 bits per heavy atom. The van der Waals surface area contributed by atoms with Crippen molar-refractivity contribution in [2.75, 3.05) is 6.54 Å². The SMILES string of the molecule is CC1(C)CC2CC(C)(CN2C(=O)c2cccc3[nH]ccc23)C1. The van der Waals surface area contributed by atoms with Crippen molar-refractivity contribution >= 4 is 16.8 Å². The summed E-state index contributed by atoms with van der Waals surface area (Å²) in [6, 6.07) is 8.37. The molecule has 1 aliphatic carbocycles. The Balaban J connectivity index is 1.71. The van der Waals surface area contributed by atoms with E-state index in [1.54, 1.807) is 0 Å². The molecular weight excluding hydrogens is 272 g/mol. The summed E-state index contributed by atoms with van der Waals surface area (Å²) in [5.74, 6) is 0.205. The van der Waals surface area contributed by atoms with Crippen molar-refractivity contribution in [2.45, 2.75) is 46.1 Å². The smallest absolute Gasteiger partial charge is 0.254 e. The van der Waals surface area contributed by atoms with Crippen LogP contribution in [0.4, 0.5) is 0 Å². The van der Waals surface area contributed by atoms with Crippen molar-refractivity contribution in [3.8, 4) is 0 Å². The number of hydrogen-bond acceptors (Lipinski definition) is 1. The van der Waals surface area contributed by atoms with E-state index in [4.69, 9.17) is 0 Å². The monoisotopic (exact) mass is 296 g/mol. The summed E-state index contributed by atoms with van der Waals surface area (Å²) in [6.45, 7) is 7.95. The molecule has 2 fully saturated rings. The average molecular weight is 296 g/mol. The number of H-pyrrole nitrogens is 1. The highest BCUT2D eigenvalue weighted by Crippen LogP contribution is 2.52. The number of amides is 1. The summed E-state index contributed by atoms with van der Waals surface area (Å²) in [4.78, 5) is 18.5. The minimum absolute atomic E-state index is 0.205. The maximum atomic E-state index is 13.2. The van der Waals surface area contributed by atoms with E-state index >= 15 is 0 Å².